The number of methoxy groups -OCH3 is 1. The van der Waals surface area contributed by atoms with Gasteiger partial charge in [-0.3, -0.25) is 0 Å². The molecule has 5 nitrogen and oxygen atoms in total. The molecule has 1 saturated heterocycles. The van der Waals surface area contributed by atoms with E-state index in [4.69, 9.17) is 21.7 Å². The third kappa shape index (κ3) is 2.50. The summed E-state index contributed by atoms with van der Waals surface area (Å²) in [6, 6.07) is 3.80. The molecule has 0 aliphatic carbocycles. The molecule has 1 aliphatic rings. The Bertz CT molecular complexity index is 628. The Hall–Kier alpha value is -1.40. The predicted octanol–water partition coefficient (Wildman–Crippen LogP) is 2.53. The van der Waals surface area contributed by atoms with Crippen molar-refractivity contribution in [2.75, 3.05) is 20.3 Å². The molecule has 102 valence electrons. The fraction of sp³-hybridized carbons (Fsp3) is 0.538. The maximum atomic E-state index is 5.40. The van der Waals surface area contributed by atoms with Crippen molar-refractivity contribution in [3.8, 4) is 5.88 Å². The van der Waals surface area contributed by atoms with E-state index in [1.807, 2.05) is 12.1 Å². The quantitative estimate of drug-likeness (QED) is 0.877. The van der Waals surface area contributed by atoms with Crippen molar-refractivity contribution in [1.29, 1.82) is 0 Å². The molecular formula is C13H17N3O2S. The van der Waals surface area contributed by atoms with E-state index in [0.29, 0.717) is 11.8 Å². The second-order valence-electron chi connectivity index (χ2n) is 4.82. The Morgan fingerprint density at radius 1 is 1.47 bits per heavy atom. The Morgan fingerprint density at radius 2 is 2.26 bits per heavy atom. The first-order valence-corrected chi connectivity index (χ1v) is 6.90. The molecule has 0 bridgehead atoms. The molecule has 0 aromatic carbocycles. The lowest BCUT2D eigenvalue weighted by atomic mass is 10.0. The van der Waals surface area contributed by atoms with E-state index < -0.39 is 0 Å². The maximum absolute atomic E-state index is 5.40. The molecule has 3 rings (SSSR count). The molecule has 0 amide bonds. The summed E-state index contributed by atoms with van der Waals surface area (Å²) >= 11 is 5.40. The summed E-state index contributed by atoms with van der Waals surface area (Å²) in [5.74, 6) is 1.22. The monoisotopic (exact) mass is 279 g/mol. The highest BCUT2D eigenvalue weighted by atomic mass is 32.1. The van der Waals surface area contributed by atoms with Crippen molar-refractivity contribution in [2.24, 2.45) is 5.92 Å². The van der Waals surface area contributed by atoms with Gasteiger partial charge >= 0.3 is 0 Å². The van der Waals surface area contributed by atoms with Crippen LogP contribution in [0.1, 0.15) is 12.8 Å². The van der Waals surface area contributed by atoms with Gasteiger partial charge < -0.3 is 19.0 Å². The Kier molecular flexibility index (Phi) is 3.52. The van der Waals surface area contributed by atoms with Crippen molar-refractivity contribution in [3.63, 3.8) is 0 Å². The van der Waals surface area contributed by atoms with Crippen LogP contribution in [0.3, 0.4) is 0 Å². The molecule has 2 aromatic rings. The molecule has 1 fully saturated rings. The number of aromatic amines is 1. The van der Waals surface area contributed by atoms with Crippen LogP contribution < -0.4 is 4.74 Å². The zero-order valence-electron chi connectivity index (χ0n) is 10.9. The lowest BCUT2D eigenvalue weighted by Gasteiger charge is -2.22. The number of hydrogen-bond donors (Lipinski definition) is 1. The van der Waals surface area contributed by atoms with E-state index in [1.54, 1.807) is 7.11 Å². The van der Waals surface area contributed by atoms with Gasteiger partial charge in [0, 0.05) is 25.8 Å². The van der Waals surface area contributed by atoms with E-state index in [-0.39, 0.29) is 0 Å². The van der Waals surface area contributed by atoms with Gasteiger partial charge in [-0.1, -0.05) is 0 Å². The van der Waals surface area contributed by atoms with Gasteiger partial charge in [0.1, 0.15) is 0 Å². The van der Waals surface area contributed by atoms with Crippen LogP contribution in [0.2, 0.25) is 0 Å². The summed E-state index contributed by atoms with van der Waals surface area (Å²) in [5, 5.41) is 0. The average molecular weight is 279 g/mol. The minimum Gasteiger partial charge on any atom is -0.481 e. The Morgan fingerprint density at radius 3 is 3.00 bits per heavy atom. The number of aromatic nitrogens is 3. The maximum Gasteiger partial charge on any atom is 0.215 e. The molecule has 2 aromatic heterocycles. The number of hydrogen-bond acceptors (Lipinski definition) is 4. The summed E-state index contributed by atoms with van der Waals surface area (Å²) in [4.78, 5) is 7.69. The number of nitrogens with one attached hydrogen (secondary N) is 1. The van der Waals surface area contributed by atoms with Gasteiger partial charge in [-0.15, -0.1) is 0 Å². The van der Waals surface area contributed by atoms with E-state index in [9.17, 15) is 0 Å². The molecule has 0 radical (unpaired) electrons. The van der Waals surface area contributed by atoms with E-state index in [0.717, 1.165) is 48.5 Å². The van der Waals surface area contributed by atoms with Crippen LogP contribution in [0.4, 0.5) is 0 Å². The largest absolute Gasteiger partial charge is 0.481 e. The number of H-pyrrole nitrogens is 1. The number of nitrogens with zero attached hydrogens (tertiary/aromatic N) is 2. The fourth-order valence-electron chi connectivity index (χ4n) is 2.48. The van der Waals surface area contributed by atoms with Crippen molar-refractivity contribution < 1.29 is 9.47 Å². The number of pyridine rings is 1. The number of ether oxygens (including phenoxy) is 2. The van der Waals surface area contributed by atoms with E-state index in [1.165, 1.54) is 0 Å². The second-order valence-corrected chi connectivity index (χ2v) is 5.21. The standard InChI is InChI=1S/C13H17N3O2S/c1-17-11-3-2-10-12(15-11)16(13(19)14-10)8-9-4-6-18-7-5-9/h2-3,9H,4-8H2,1H3,(H,14,19). The highest BCUT2D eigenvalue weighted by molar-refractivity contribution is 7.71. The smallest absolute Gasteiger partial charge is 0.215 e. The normalized spacial score (nSPS) is 16.9. The molecule has 1 aliphatic heterocycles. The summed E-state index contributed by atoms with van der Waals surface area (Å²) in [6.07, 6.45) is 2.16. The highest BCUT2D eigenvalue weighted by Gasteiger charge is 2.17. The Balaban J connectivity index is 1.96. The SMILES string of the molecule is COc1ccc2[nH]c(=S)n(CC3CCOCC3)c2n1. The summed E-state index contributed by atoms with van der Waals surface area (Å²) in [7, 11) is 1.62. The molecular weight excluding hydrogens is 262 g/mol. The lowest BCUT2D eigenvalue weighted by Crippen LogP contribution is -2.20. The van der Waals surface area contributed by atoms with Gasteiger partial charge in [-0.25, -0.2) is 0 Å². The third-order valence-electron chi connectivity index (χ3n) is 3.58. The van der Waals surface area contributed by atoms with Gasteiger partial charge in [-0.05, 0) is 37.0 Å². The van der Waals surface area contributed by atoms with Crippen LogP contribution in [0.15, 0.2) is 12.1 Å². The van der Waals surface area contributed by atoms with Crippen LogP contribution in [0.5, 0.6) is 5.88 Å². The van der Waals surface area contributed by atoms with Gasteiger partial charge in [0.25, 0.3) is 0 Å². The molecule has 0 unspecified atom stereocenters. The van der Waals surface area contributed by atoms with Gasteiger partial charge in [-0.2, -0.15) is 4.98 Å². The van der Waals surface area contributed by atoms with Crippen molar-refractivity contribution in [2.45, 2.75) is 19.4 Å². The zero-order valence-corrected chi connectivity index (χ0v) is 11.7. The second kappa shape index (κ2) is 5.30. The van der Waals surface area contributed by atoms with E-state index in [2.05, 4.69) is 14.5 Å². The lowest BCUT2D eigenvalue weighted by molar-refractivity contribution is 0.0614. The molecule has 19 heavy (non-hydrogen) atoms. The first-order valence-electron chi connectivity index (χ1n) is 6.49. The van der Waals surface area contributed by atoms with Crippen LogP contribution in [0, 0.1) is 10.7 Å². The highest BCUT2D eigenvalue weighted by Crippen LogP contribution is 2.21. The molecule has 1 N–H and O–H groups in total. The summed E-state index contributed by atoms with van der Waals surface area (Å²) in [5.41, 5.74) is 1.83. The van der Waals surface area contributed by atoms with E-state index >= 15 is 0 Å². The van der Waals surface area contributed by atoms with Gasteiger partial charge in [0.2, 0.25) is 5.88 Å². The molecule has 0 atom stereocenters. The van der Waals surface area contributed by atoms with Crippen molar-refractivity contribution in [1.82, 2.24) is 14.5 Å². The topological polar surface area (TPSA) is 52.1 Å². The first kappa shape index (κ1) is 12.6. The minimum absolute atomic E-state index is 0.604. The van der Waals surface area contributed by atoms with Crippen molar-refractivity contribution in [3.05, 3.63) is 16.9 Å². The molecule has 6 heteroatoms. The fourth-order valence-corrected chi connectivity index (χ4v) is 2.75. The number of fused-ring (bicyclic) bond motifs is 1. The van der Waals surface area contributed by atoms with Crippen LogP contribution >= 0.6 is 12.2 Å². The predicted molar refractivity (Wildman–Crippen MR) is 75.0 cm³/mol. The van der Waals surface area contributed by atoms with Crippen molar-refractivity contribution >= 4 is 23.4 Å². The average Bonchev–Trinajstić information content (AvgIpc) is 2.76. The van der Waals surface area contributed by atoms with Crippen LogP contribution in [0.25, 0.3) is 11.2 Å². The number of rotatable bonds is 3. The minimum atomic E-state index is 0.604. The first-order chi connectivity index (χ1) is 9.28. The van der Waals surface area contributed by atoms with Gasteiger partial charge in [0.15, 0.2) is 10.4 Å². The Labute approximate surface area is 116 Å². The molecule has 0 spiro atoms. The zero-order chi connectivity index (χ0) is 13.2. The summed E-state index contributed by atoms with van der Waals surface area (Å²) < 4.78 is 13.4. The third-order valence-corrected chi connectivity index (χ3v) is 3.91. The van der Waals surface area contributed by atoms with Gasteiger partial charge in [0.05, 0.1) is 12.6 Å². The van der Waals surface area contributed by atoms with Crippen LogP contribution in [-0.2, 0) is 11.3 Å². The summed E-state index contributed by atoms with van der Waals surface area (Å²) in [6.45, 7) is 2.58. The number of imidazole rings is 1. The molecule has 3 heterocycles. The van der Waals surface area contributed by atoms with Crippen LogP contribution in [-0.4, -0.2) is 34.9 Å². The molecule has 0 saturated carbocycles.